The number of ether oxygens (including phenoxy) is 2. The van der Waals surface area contributed by atoms with E-state index in [1.54, 1.807) is 0 Å². The number of aliphatic hydroxyl groups is 1. The average molecular weight is 1210 g/mol. The van der Waals surface area contributed by atoms with Crippen LogP contribution in [0.3, 0.4) is 0 Å². The first-order valence-electron chi connectivity index (χ1n) is 38.3. The number of allylic oxidation sites excluding steroid dienone is 16. The van der Waals surface area contributed by atoms with Crippen molar-refractivity contribution in [3.8, 4) is 0 Å². The molecule has 0 bridgehead atoms. The van der Waals surface area contributed by atoms with Crippen molar-refractivity contribution in [1.82, 2.24) is 0 Å². The van der Waals surface area contributed by atoms with Gasteiger partial charge in [-0.1, -0.05) is 400 Å². The first kappa shape index (κ1) is 83.8. The molecule has 0 spiro atoms. The fourth-order valence-corrected chi connectivity index (χ4v) is 11.5. The number of rotatable bonds is 71. The molecule has 0 aromatic carbocycles. The highest BCUT2D eigenvalue weighted by Crippen LogP contribution is 2.19. The van der Waals surface area contributed by atoms with Gasteiger partial charge in [-0.25, -0.2) is 0 Å². The van der Waals surface area contributed by atoms with E-state index in [1.807, 2.05) is 0 Å². The van der Waals surface area contributed by atoms with Crippen LogP contribution in [0.15, 0.2) is 97.2 Å². The maximum atomic E-state index is 12.4. The summed E-state index contributed by atoms with van der Waals surface area (Å²) in [5.41, 5.74) is 0. The zero-order chi connectivity index (χ0) is 62.6. The summed E-state index contributed by atoms with van der Waals surface area (Å²) in [5.74, 6) is -0.578. The van der Waals surface area contributed by atoms with Crippen molar-refractivity contribution < 1.29 is 24.2 Å². The van der Waals surface area contributed by atoms with Crippen molar-refractivity contribution in [1.29, 1.82) is 0 Å². The number of aliphatic hydroxyl groups excluding tert-OH is 1. The molecule has 0 amide bonds. The molecule has 0 aliphatic rings. The minimum absolute atomic E-state index is 0.0656. The molecule has 0 aliphatic carbocycles. The Bertz CT molecular complexity index is 1610. The summed E-state index contributed by atoms with van der Waals surface area (Å²) >= 11 is 0. The van der Waals surface area contributed by atoms with Gasteiger partial charge in [0.25, 0.3) is 0 Å². The normalized spacial score (nSPS) is 12.7. The molecule has 1 atom stereocenters. The van der Waals surface area contributed by atoms with Crippen LogP contribution in [0.2, 0.25) is 0 Å². The zero-order valence-corrected chi connectivity index (χ0v) is 58.0. The maximum Gasteiger partial charge on any atom is 0.306 e. The summed E-state index contributed by atoms with van der Waals surface area (Å²) in [6.45, 7) is 4.08. The van der Waals surface area contributed by atoms with Crippen LogP contribution in [0, 0.1) is 0 Å². The number of esters is 2. The Balaban J connectivity index is 3.44. The fraction of sp³-hybridized carbons (Fsp3) is 0.780. The van der Waals surface area contributed by atoms with Gasteiger partial charge in [-0.3, -0.25) is 9.59 Å². The van der Waals surface area contributed by atoms with Crippen molar-refractivity contribution in [2.24, 2.45) is 0 Å². The Morgan fingerprint density at radius 2 is 0.494 bits per heavy atom. The molecule has 1 unspecified atom stereocenters. The van der Waals surface area contributed by atoms with Crippen LogP contribution in [0.1, 0.15) is 393 Å². The summed E-state index contributed by atoms with van der Waals surface area (Å²) in [6.07, 6.45) is 110. The van der Waals surface area contributed by atoms with Gasteiger partial charge in [-0.2, -0.15) is 0 Å². The van der Waals surface area contributed by atoms with E-state index in [2.05, 4.69) is 111 Å². The fourth-order valence-electron chi connectivity index (χ4n) is 11.5. The number of carbonyl (C=O) groups is 2. The Labute approximate surface area is 542 Å². The standard InChI is InChI=1S/C82H146O5/c1-3-5-7-9-11-13-15-17-19-21-23-25-27-29-31-33-35-37-39-41-43-45-47-49-51-53-55-57-59-61-63-65-67-69-71-73-75-77-82(85)87-80(78-83)79-86-81(84)76-74-72-70-68-66-64-62-60-58-56-54-52-50-48-46-44-42-40-38-36-34-32-30-28-26-24-22-20-18-16-14-12-10-8-6-4-2/h5,7,11,13,17,19,23,25,29,31,35,37,41,43,47,49,80,83H,3-4,6,8-10,12,14-16,18,20-22,24,26-28,30,32-34,36,38-40,42,44-46,48,50-79H2,1-2H3/b7-5-,13-11-,19-17-,25-23-,31-29-,37-35-,43-41-,49-47-. The Morgan fingerprint density at radius 3 is 0.747 bits per heavy atom. The van der Waals surface area contributed by atoms with E-state index in [1.165, 1.54) is 276 Å². The number of hydrogen-bond donors (Lipinski definition) is 1. The molecule has 5 heteroatoms. The van der Waals surface area contributed by atoms with Crippen LogP contribution in [0.25, 0.3) is 0 Å². The largest absolute Gasteiger partial charge is 0.462 e. The molecule has 0 saturated heterocycles. The molecule has 0 saturated carbocycles. The lowest BCUT2D eigenvalue weighted by Crippen LogP contribution is -2.28. The van der Waals surface area contributed by atoms with E-state index in [0.29, 0.717) is 12.8 Å². The van der Waals surface area contributed by atoms with Gasteiger partial charge in [-0.05, 0) is 77.0 Å². The minimum Gasteiger partial charge on any atom is -0.462 e. The van der Waals surface area contributed by atoms with E-state index in [9.17, 15) is 14.7 Å². The van der Waals surface area contributed by atoms with Crippen LogP contribution in [0.5, 0.6) is 0 Å². The quantitative estimate of drug-likeness (QED) is 0.0373. The molecule has 0 radical (unpaired) electrons. The molecule has 0 rings (SSSR count). The van der Waals surface area contributed by atoms with Crippen molar-refractivity contribution in [3.05, 3.63) is 97.2 Å². The molecule has 0 heterocycles. The molecule has 0 aromatic rings. The SMILES string of the molecule is CC/C=C\C/C=C\C/C=C\C/C=C\C/C=C\C/C=C\C/C=C\C/C=C\CCCCCCCCCCCCCCC(=O)OC(CO)COC(=O)CCCCCCCCCCCCCCCCCCCCCCCCCCCCCCCCCCCCCC. The van der Waals surface area contributed by atoms with E-state index in [0.717, 1.165) is 89.9 Å². The van der Waals surface area contributed by atoms with Gasteiger partial charge in [0.05, 0.1) is 6.61 Å². The Hall–Kier alpha value is -3.18. The predicted octanol–water partition coefficient (Wildman–Crippen LogP) is 26.9. The van der Waals surface area contributed by atoms with Gasteiger partial charge < -0.3 is 14.6 Å². The van der Waals surface area contributed by atoms with Gasteiger partial charge in [0.2, 0.25) is 0 Å². The second-order valence-corrected chi connectivity index (χ2v) is 25.7. The molecule has 0 aliphatic heterocycles. The lowest BCUT2D eigenvalue weighted by atomic mass is 10.0. The third-order valence-electron chi connectivity index (χ3n) is 17.1. The first-order valence-corrected chi connectivity index (χ1v) is 38.3. The van der Waals surface area contributed by atoms with E-state index < -0.39 is 6.10 Å². The van der Waals surface area contributed by atoms with Gasteiger partial charge in [0, 0.05) is 12.8 Å². The lowest BCUT2D eigenvalue weighted by molar-refractivity contribution is -0.161. The first-order chi connectivity index (χ1) is 43.1. The molecular weight excluding hydrogens is 1060 g/mol. The number of unbranched alkanes of at least 4 members (excludes halogenated alkanes) is 47. The summed E-state index contributed by atoms with van der Waals surface area (Å²) in [6, 6.07) is 0. The highest BCUT2D eigenvalue weighted by atomic mass is 16.6. The smallest absolute Gasteiger partial charge is 0.306 e. The van der Waals surface area contributed by atoms with E-state index in [-0.39, 0.29) is 25.2 Å². The molecule has 504 valence electrons. The van der Waals surface area contributed by atoms with Gasteiger partial charge in [0.15, 0.2) is 6.10 Å². The summed E-state index contributed by atoms with van der Waals surface area (Å²) in [5, 5.41) is 9.72. The zero-order valence-electron chi connectivity index (χ0n) is 58.0. The second-order valence-electron chi connectivity index (χ2n) is 25.7. The van der Waals surface area contributed by atoms with Gasteiger partial charge in [-0.15, -0.1) is 0 Å². The summed E-state index contributed by atoms with van der Waals surface area (Å²) < 4.78 is 10.8. The second kappa shape index (κ2) is 77.1. The van der Waals surface area contributed by atoms with Crippen molar-refractivity contribution in [3.63, 3.8) is 0 Å². The highest BCUT2D eigenvalue weighted by molar-refractivity contribution is 5.70. The molecule has 0 aromatic heterocycles. The van der Waals surface area contributed by atoms with Crippen LogP contribution in [-0.4, -0.2) is 36.4 Å². The third-order valence-corrected chi connectivity index (χ3v) is 17.1. The van der Waals surface area contributed by atoms with Crippen LogP contribution < -0.4 is 0 Å². The van der Waals surface area contributed by atoms with Crippen LogP contribution in [-0.2, 0) is 19.1 Å². The molecule has 5 nitrogen and oxygen atoms in total. The molecule has 1 N–H and O–H groups in total. The monoisotopic (exact) mass is 1210 g/mol. The number of carbonyl (C=O) groups excluding carboxylic acids is 2. The lowest BCUT2D eigenvalue weighted by Gasteiger charge is -2.15. The number of hydrogen-bond acceptors (Lipinski definition) is 5. The highest BCUT2D eigenvalue weighted by Gasteiger charge is 2.16. The van der Waals surface area contributed by atoms with Crippen LogP contribution >= 0.6 is 0 Å². The van der Waals surface area contributed by atoms with Crippen LogP contribution in [0.4, 0.5) is 0 Å². The summed E-state index contributed by atoms with van der Waals surface area (Å²) in [7, 11) is 0. The average Bonchev–Trinajstić information content (AvgIpc) is 3.52. The van der Waals surface area contributed by atoms with Gasteiger partial charge in [0.1, 0.15) is 6.61 Å². The molecular formula is C82H146O5. The minimum atomic E-state index is -0.778. The Kier molecular flexibility index (Phi) is 74.2. The Morgan fingerprint density at radius 1 is 0.276 bits per heavy atom. The van der Waals surface area contributed by atoms with Crippen molar-refractivity contribution >= 4 is 11.9 Å². The summed E-state index contributed by atoms with van der Waals surface area (Å²) in [4.78, 5) is 24.7. The topological polar surface area (TPSA) is 72.8 Å². The van der Waals surface area contributed by atoms with E-state index in [4.69, 9.17) is 9.47 Å². The molecule has 0 fully saturated rings. The van der Waals surface area contributed by atoms with Gasteiger partial charge >= 0.3 is 11.9 Å². The maximum absolute atomic E-state index is 12.4. The predicted molar refractivity (Wildman–Crippen MR) is 385 cm³/mol. The van der Waals surface area contributed by atoms with Crippen molar-refractivity contribution in [2.45, 2.75) is 399 Å². The van der Waals surface area contributed by atoms with Crippen molar-refractivity contribution in [2.75, 3.05) is 13.2 Å². The third kappa shape index (κ3) is 75.2. The van der Waals surface area contributed by atoms with E-state index >= 15 is 0 Å². The molecule has 87 heavy (non-hydrogen) atoms.